The number of alkyl halides is 1. The van der Waals surface area contributed by atoms with Crippen LogP contribution in [0.3, 0.4) is 0 Å². The van der Waals surface area contributed by atoms with Gasteiger partial charge in [0.2, 0.25) is 11.8 Å². The normalized spacial score (nSPS) is 15.3. The van der Waals surface area contributed by atoms with Crippen molar-refractivity contribution < 1.29 is 14.7 Å². The first-order valence-electron chi connectivity index (χ1n) is 9.80. The van der Waals surface area contributed by atoms with Crippen molar-refractivity contribution in [1.29, 1.82) is 0 Å². The smallest absolute Gasteiger partial charge is 0.242 e. The number of rotatable bonds is 15. The van der Waals surface area contributed by atoms with Gasteiger partial charge >= 0.3 is 0 Å². The molecule has 0 aliphatic heterocycles. The van der Waals surface area contributed by atoms with Crippen LogP contribution in [0.15, 0.2) is 25.3 Å². The summed E-state index contributed by atoms with van der Waals surface area (Å²) in [5.74, 6) is 0.0224. The fraction of sp³-hybridized carbons (Fsp3) is 0.714. The molecule has 2 amide bonds. The number of amides is 2. The Hall–Kier alpha value is -1.33. The van der Waals surface area contributed by atoms with Crippen molar-refractivity contribution >= 4 is 23.4 Å². The van der Waals surface area contributed by atoms with Gasteiger partial charge in [0, 0.05) is 13.5 Å². The van der Waals surface area contributed by atoms with Gasteiger partial charge in [-0.05, 0) is 51.4 Å². The Morgan fingerprint density at radius 3 is 2.37 bits per heavy atom. The lowest BCUT2D eigenvalue weighted by Gasteiger charge is -2.30. The monoisotopic (exact) mass is 400 g/mol. The van der Waals surface area contributed by atoms with Crippen LogP contribution < -0.4 is 5.32 Å². The van der Waals surface area contributed by atoms with Crippen LogP contribution in [-0.2, 0) is 9.59 Å². The number of halogens is 1. The molecule has 0 unspecified atom stereocenters. The van der Waals surface area contributed by atoms with E-state index >= 15 is 0 Å². The summed E-state index contributed by atoms with van der Waals surface area (Å²) >= 11 is 5.80. The topological polar surface area (TPSA) is 69.6 Å². The molecule has 4 atom stereocenters. The fourth-order valence-corrected chi connectivity index (χ4v) is 3.02. The fourth-order valence-electron chi connectivity index (χ4n) is 2.81. The van der Waals surface area contributed by atoms with Gasteiger partial charge in [-0.1, -0.05) is 19.1 Å². The first kappa shape index (κ1) is 25.7. The lowest BCUT2D eigenvalue weighted by atomic mass is 9.94. The number of likely N-dealkylation sites (N-methyl/N-ethyl adjacent to an activating group) is 1. The minimum absolute atomic E-state index is 0.0472. The molecular formula is C21H37ClN2O3. The van der Waals surface area contributed by atoms with Crippen LogP contribution >= 0.6 is 11.6 Å². The Kier molecular flexibility index (Phi) is 14.0. The summed E-state index contributed by atoms with van der Waals surface area (Å²) in [6, 6.07) is -1.04. The number of hydrogen-bond donors (Lipinski definition) is 2. The van der Waals surface area contributed by atoms with Crippen LogP contribution in [0.1, 0.15) is 58.8 Å². The van der Waals surface area contributed by atoms with Gasteiger partial charge in [-0.25, -0.2) is 0 Å². The number of carbonyl (C=O) groups excluding carboxylic acids is 2. The Morgan fingerprint density at radius 2 is 1.81 bits per heavy atom. The SMILES string of the molecule is C=CCCCCC(=O)N(C)[C@@H](C)C(=O)N[C@@H](C[C@H](C)CCC=C)[C@H](O)CCl. The second-order valence-corrected chi connectivity index (χ2v) is 7.57. The van der Waals surface area contributed by atoms with Gasteiger partial charge in [-0.3, -0.25) is 9.59 Å². The van der Waals surface area contributed by atoms with E-state index in [-0.39, 0.29) is 17.7 Å². The van der Waals surface area contributed by atoms with E-state index < -0.39 is 18.2 Å². The van der Waals surface area contributed by atoms with Crippen LogP contribution in [0.2, 0.25) is 0 Å². The van der Waals surface area contributed by atoms with Gasteiger partial charge in [0.1, 0.15) is 6.04 Å². The van der Waals surface area contributed by atoms with Crippen molar-refractivity contribution in [3.05, 3.63) is 25.3 Å². The van der Waals surface area contributed by atoms with Gasteiger partial charge in [0.05, 0.1) is 18.0 Å². The summed E-state index contributed by atoms with van der Waals surface area (Å²) in [7, 11) is 1.64. The van der Waals surface area contributed by atoms with E-state index in [9.17, 15) is 14.7 Å². The van der Waals surface area contributed by atoms with Crippen molar-refractivity contribution in [1.82, 2.24) is 10.2 Å². The molecule has 0 aliphatic carbocycles. The number of allylic oxidation sites excluding steroid dienone is 2. The number of aliphatic hydroxyl groups excluding tert-OH is 1. The molecule has 0 aliphatic rings. The zero-order chi connectivity index (χ0) is 20.8. The summed E-state index contributed by atoms with van der Waals surface area (Å²) in [4.78, 5) is 26.3. The van der Waals surface area contributed by atoms with Crippen molar-refractivity contribution in [3.8, 4) is 0 Å². The van der Waals surface area contributed by atoms with E-state index in [4.69, 9.17) is 11.6 Å². The Morgan fingerprint density at radius 1 is 1.19 bits per heavy atom. The van der Waals surface area contributed by atoms with Gasteiger partial charge in [-0.15, -0.1) is 24.8 Å². The molecule has 0 saturated carbocycles. The molecule has 0 aromatic carbocycles. The predicted octanol–water partition coefficient (Wildman–Crippen LogP) is 3.66. The lowest BCUT2D eigenvalue weighted by Crippen LogP contribution is -2.52. The second-order valence-electron chi connectivity index (χ2n) is 7.26. The third-order valence-corrected chi connectivity index (χ3v) is 5.19. The van der Waals surface area contributed by atoms with Gasteiger partial charge in [0.25, 0.3) is 0 Å². The third kappa shape index (κ3) is 10.5. The van der Waals surface area contributed by atoms with Crippen LogP contribution in [0, 0.1) is 5.92 Å². The molecule has 5 nitrogen and oxygen atoms in total. The van der Waals surface area contributed by atoms with Crippen molar-refractivity contribution in [3.63, 3.8) is 0 Å². The molecular weight excluding hydrogens is 364 g/mol. The quantitative estimate of drug-likeness (QED) is 0.250. The maximum atomic E-state index is 12.6. The van der Waals surface area contributed by atoms with Crippen LogP contribution in [-0.4, -0.2) is 52.9 Å². The maximum absolute atomic E-state index is 12.6. The van der Waals surface area contributed by atoms with E-state index in [1.165, 1.54) is 4.90 Å². The van der Waals surface area contributed by atoms with E-state index in [1.54, 1.807) is 14.0 Å². The molecule has 0 bridgehead atoms. The van der Waals surface area contributed by atoms with Gasteiger partial charge in [0.15, 0.2) is 0 Å². The molecule has 27 heavy (non-hydrogen) atoms. The number of carbonyl (C=O) groups is 2. The highest BCUT2D eigenvalue weighted by Crippen LogP contribution is 2.16. The molecule has 0 rings (SSSR count). The van der Waals surface area contributed by atoms with Gasteiger partial charge in [-0.2, -0.15) is 0 Å². The summed E-state index contributed by atoms with van der Waals surface area (Å²) in [5, 5.41) is 13.1. The number of hydrogen-bond acceptors (Lipinski definition) is 3. The summed E-state index contributed by atoms with van der Waals surface area (Å²) in [6.45, 7) is 11.2. The summed E-state index contributed by atoms with van der Waals surface area (Å²) in [5.41, 5.74) is 0. The summed E-state index contributed by atoms with van der Waals surface area (Å²) < 4.78 is 0. The molecule has 0 saturated heterocycles. The van der Waals surface area contributed by atoms with E-state index in [0.717, 1.165) is 32.1 Å². The zero-order valence-corrected chi connectivity index (χ0v) is 17.9. The minimum Gasteiger partial charge on any atom is -0.390 e. The maximum Gasteiger partial charge on any atom is 0.242 e. The highest BCUT2D eigenvalue weighted by atomic mass is 35.5. The van der Waals surface area contributed by atoms with Crippen molar-refractivity contribution in [2.45, 2.75) is 77.0 Å². The van der Waals surface area contributed by atoms with Gasteiger partial charge < -0.3 is 15.3 Å². The Bertz CT molecular complexity index is 470. The molecule has 0 aromatic heterocycles. The molecule has 0 spiro atoms. The molecule has 0 fully saturated rings. The van der Waals surface area contributed by atoms with E-state index in [1.807, 2.05) is 12.2 Å². The lowest BCUT2D eigenvalue weighted by molar-refractivity contribution is -0.139. The number of nitrogens with zero attached hydrogens (tertiary/aromatic N) is 1. The summed E-state index contributed by atoms with van der Waals surface area (Å²) in [6.07, 6.45) is 8.30. The first-order valence-corrected chi connectivity index (χ1v) is 10.3. The molecule has 0 heterocycles. The second kappa shape index (κ2) is 14.7. The largest absolute Gasteiger partial charge is 0.390 e. The third-order valence-electron chi connectivity index (χ3n) is 4.87. The minimum atomic E-state index is -0.825. The van der Waals surface area contributed by atoms with Crippen LogP contribution in [0.25, 0.3) is 0 Å². The first-order chi connectivity index (χ1) is 12.8. The standard InChI is InChI=1S/C21H37ClN2O3/c1-6-8-10-11-13-20(26)24(5)17(4)21(27)23-18(19(25)15-22)14-16(3)12-9-7-2/h6-7,16-19,25H,1-2,8-15H2,3-5H3,(H,23,27)/t16-,17+,18+,19-/m1/s1. The van der Waals surface area contributed by atoms with Crippen LogP contribution in [0.4, 0.5) is 0 Å². The number of unbranched alkanes of at least 4 members (excludes halogenated alkanes) is 2. The molecule has 156 valence electrons. The highest BCUT2D eigenvalue weighted by Gasteiger charge is 2.27. The van der Waals surface area contributed by atoms with E-state index in [0.29, 0.717) is 18.8 Å². The molecule has 0 radical (unpaired) electrons. The average Bonchev–Trinajstić information content (AvgIpc) is 2.66. The van der Waals surface area contributed by atoms with Crippen molar-refractivity contribution in [2.24, 2.45) is 5.92 Å². The van der Waals surface area contributed by atoms with E-state index in [2.05, 4.69) is 25.4 Å². The number of aliphatic hydroxyl groups is 1. The average molecular weight is 401 g/mol. The molecule has 0 aromatic rings. The molecule has 2 N–H and O–H groups in total. The number of nitrogens with one attached hydrogen (secondary N) is 1. The molecule has 6 heteroatoms. The van der Waals surface area contributed by atoms with Crippen LogP contribution in [0.5, 0.6) is 0 Å². The highest BCUT2D eigenvalue weighted by molar-refractivity contribution is 6.18. The van der Waals surface area contributed by atoms with Crippen molar-refractivity contribution in [2.75, 3.05) is 12.9 Å². The predicted molar refractivity (Wildman–Crippen MR) is 113 cm³/mol. The zero-order valence-electron chi connectivity index (χ0n) is 17.1. The Balaban J connectivity index is 4.71. The Labute approximate surface area is 169 Å².